The second-order valence-corrected chi connectivity index (χ2v) is 8.78. The highest BCUT2D eigenvalue weighted by atomic mass is 32.1. The molecule has 0 saturated carbocycles. The first-order valence-electron chi connectivity index (χ1n) is 10.2. The van der Waals surface area contributed by atoms with Gasteiger partial charge in [0.25, 0.3) is 0 Å². The van der Waals surface area contributed by atoms with Crippen molar-refractivity contribution in [2.75, 3.05) is 13.1 Å². The Bertz CT molecular complexity index is 941. The van der Waals surface area contributed by atoms with E-state index >= 15 is 0 Å². The fourth-order valence-corrected chi connectivity index (χ4v) is 5.34. The van der Waals surface area contributed by atoms with E-state index in [0.29, 0.717) is 12.0 Å². The van der Waals surface area contributed by atoms with Crippen molar-refractivity contribution in [2.45, 2.75) is 31.8 Å². The van der Waals surface area contributed by atoms with E-state index in [0.717, 1.165) is 13.0 Å². The smallest absolute Gasteiger partial charge is 0.0732 e. The molecule has 1 aromatic carbocycles. The number of pyridine rings is 1. The fourth-order valence-electron chi connectivity index (χ4n) is 4.72. The lowest BCUT2D eigenvalue weighted by molar-refractivity contribution is 0.145. The highest BCUT2D eigenvalue weighted by Gasteiger charge is 2.39. The van der Waals surface area contributed by atoms with Gasteiger partial charge in [-0.3, -0.25) is 14.9 Å². The number of benzene rings is 1. The Morgan fingerprint density at radius 1 is 1.04 bits per heavy atom. The van der Waals surface area contributed by atoms with E-state index in [1.54, 1.807) is 0 Å². The highest BCUT2D eigenvalue weighted by molar-refractivity contribution is 7.09. The Kier molecular flexibility index (Phi) is 5.06. The van der Waals surface area contributed by atoms with Crippen LogP contribution in [0, 0.1) is 5.92 Å². The van der Waals surface area contributed by atoms with Crippen molar-refractivity contribution >= 4 is 17.0 Å². The van der Waals surface area contributed by atoms with Crippen LogP contribution in [0.4, 0.5) is 0 Å². The summed E-state index contributed by atoms with van der Waals surface area (Å²) in [6.45, 7) is 3.25. The van der Waals surface area contributed by atoms with Gasteiger partial charge < -0.3 is 0 Å². The molecule has 4 heteroatoms. The molecule has 3 fully saturated rings. The van der Waals surface area contributed by atoms with Crippen LogP contribution in [0.25, 0.3) is 11.1 Å². The molecule has 28 heavy (non-hydrogen) atoms. The third-order valence-electron chi connectivity index (χ3n) is 6.13. The van der Waals surface area contributed by atoms with Gasteiger partial charge in [0.1, 0.15) is 0 Å². The summed E-state index contributed by atoms with van der Waals surface area (Å²) in [5, 5.41) is 2.15. The first-order valence-corrected chi connectivity index (χ1v) is 11.1. The molecule has 2 bridgehead atoms. The molecule has 0 aliphatic carbocycles. The highest BCUT2D eigenvalue weighted by Crippen LogP contribution is 2.34. The Hall–Kier alpha value is -2.30. The average Bonchev–Trinajstić information content (AvgIpc) is 3.28. The summed E-state index contributed by atoms with van der Waals surface area (Å²) < 4.78 is 0. The molecular weight excluding hydrogens is 362 g/mol. The monoisotopic (exact) mass is 387 g/mol. The van der Waals surface area contributed by atoms with Gasteiger partial charge in [0.05, 0.1) is 12.6 Å². The predicted molar refractivity (Wildman–Crippen MR) is 117 cm³/mol. The molecule has 5 heterocycles. The zero-order valence-electron chi connectivity index (χ0n) is 16.0. The molecule has 3 nitrogen and oxygen atoms in total. The molecule has 1 atom stereocenters. The van der Waals surface area contributed by atoms with Crippen molar-refractivity contribution < 1.29 is 0 Å². The minimum absolute atomic E-state index is 0.435. The van der Waals surface area contributed by atoms with E-state index in [-0.39, 0.29) is 0 Å². The second kappa shape index (κ2) is 7.98. The minimum atomic E-state index is 0.435. The number of aliphatic imine (C=N–C) groups is 1. The lowest BCUT2D eigenvalue weighted by Gasteiger charge is -2.47. The maximum absolute atomic E-state index is 5.16. The maximum Gasteiger partial charge on any atom is 0.0732 e. The Labute approximate surface area is 170 Å². The third-order valence-corrected chi connectivity index (χ3v) is 6.99. The molecule has 1 unspecified atom stereocenters. The van der Waals surface area contributed by atoms with Gasteiger partial charge in [-0.15, -0.1) is 11.3 Å². The second-order valence-electron chi connectivity index (χ2n) is 7.75. The third kappa shape index (κ3) is 3.54. The molecule has 0 radical (unpaired) electrons. The van der Waals surface area contributed by atoms with E-state index in [1.165, 1.54) is 53.2 Å². The number of aromatic nitrogens is 1. The molecule has 0 N–H and O–H groups in total. The number of hydrogen-bond acceptors (Lipinski definition) is 4. The summed E-state index contributed by atoms with van der Waals surface area (Å²) in [7, 11) is 0. The van der Waals surface area contributed by atoms with E-state index in [2.05, 4.69) is 57.7 Å². The summed E-state index contributed by atoms with van der Waals surface area (Å²) in [4.78, 5) is 13.5. The van der Waals surface area contributed by atoms with Crippen molar-refractivity contribution in [3.05, 3.63) is 76.7 Å². The van der Waals surface area contributed by atoms with Crippen molar-refractivity contribution in [1.82, 2.24) is 9.88 Å². The summed E-state index contributed by atoms with van der Waals surface area (Å²) in [6, 6.07) is 17.7. The number of piperidine rings is 3. The molecule has 0 spiro atoms. The van der Waals surface area contributed by atoms with Crippen molar-refractivity contribution in [3.8, 4) is 11.1 Å². The quantitative estimate of drug-likeness (QED) is 0.610. The van der Waals surface area contributed by atoms with E-state index in [9.17, 15) is 0 Å². The van der Waals surface area contributed by atoms with Gasteiger partial charge in [-0.05, 0) is 61.0 Å². The first kappa shape index (κ1) is 17.8. The van der Waals surface area contributed by atoms with Gasteiger partial charge in [-0.1, -0.05) is 36.4 Å². The van der Waals surface area contributed by atoms with Gasteiger partial charge in [-0.25, -0.2) is 0 Å². The standard InChI is InChI=1S/C24H25N3S/c1-2-8-22(20-6-3-11-25-16-20)19(5-1)15-23-24(18-9-12-27(23)13-10-18)26-17-21-7-4-14-28-21/h1-8,11,14,16,18,23H,9-10,12-13,15,17H2. The number of thiophene rings is 1. The summed E-state index contributed by atoms with van der Waals surface area (Å²) >= 11 is 1.81. The van der Waals surface area contributed by atoms with Crippen molar-refractivity contribution in [2.24, 2.45) is 10.9 Å². The van der Waals surface area contributed by atoms with Crippen molar-refractivity contribution in [3.63, 3.8) is 0 Å². The minimum Gasteiger partial charge on any atom is -0.295 e. The molecule has 6 rings (SSSR count). The van der Waals surface area contributed by atoms with Gasteiger partial charge in [0, 0.05) is 34.5 Å². The zero-order valence-corrected chi connectivity index (χ0v) is 16.8. The number of rotatable bonds is 5. The van der Waals surface area contributed by atoms with E-state index in [1.807, 2.05) is 29.8 Å². The van der Waals surface area contributed by atoms with Gasteiger partial charge >= 0.3 is 0 Å². The normalized spacial score (nSPS) is 25.3. The fraction of sp³-hybridized carbons (Fsp3) is 0.333. The zero-order chi connectivity index (χ0) is 18.8. The average molecular weight is 388 g/mol. The van der Waals surface area contributed by atoms with Crippen LogP contribution in [-0.4, -0.2) is 34.7 Å². The summed E-state index contributed by atoms with van der Waals surface area (Å²) in [5.41, 5.74) is 5.34. The number of hydrogen-bond donors (Lipinski definition) is 0. The van der Waals surface area contributed by atoms with E-state index < -0.39 is 0 Å². The molecule has 2 aromatic heterocycles. The van der Waals surface area contributed by atoms with Crippen LogP contribution >= 0.6 is 11.3 Å². The predicted octanol–water partition coefficient (Wildman–Crippen LogP) is 5.09. The van der Waals surface area contributed by atoms with Crippen LogP contribution in [-0.2, 0) is 13.0 Å². The molecular formula is C24H25N3S. The Balaban J connectivity index is 1.45. The largest absolute Gasteiger partial charge is 0.295 e. The SMILES string of the molecule is c1cncc(-c2ccccc2CC2C(=NCc3cccs3)C3CCN2CC3)c1. The van der Waals surface area contributed by atoms with Gasteiger partial charge in [0.15, 0.2) is 0 Å². The van der Waals surface area contributed by atoms with Gasteiger partial charge in [0.2, 0.25) is 0 Å². The summed E-state index contributed by atoms with van der Waals surface area (Å²) in [6.07, 6.45) is 7.38. The van der Waals surface area contributed by atoms with Crippen LogP contribution in [0.3, 0.4) is 0 Å². The molecule has 3 aliphatic rings. The number of fused-ring (bicyclic) bond motifs is 3. The first-order chi connectivity index (χ1) is 13.9. The van der Waals surface area contributed by atoms with E-state index in [4.69, 9.17) is 4.99 Å². The van der Waals surface area contributed by atoms with Crippen LogP contribution < -0.4 is 0 Å². The van der Waals surface area contributed by atoms with Crippen LogP contribution in [0.5, 0.6) is 0 Å². The lowest BCUT2D eigenvalue weighted by atomic mass is 9.78. The summed E-state index contributed by atoms with van der Waals surface area (Å²) in [5.74, 6) is 0.667. The molecule has 3 saturated heterocycles. The number of nitrogens with zero attached hydrogens (tertiary/aromatic N) is 3. The van der Waals surface area contributed by atoms with Crippen LogP contribution in [0.1, 0.15) is 23.3 Å². The Morgan fingerprint density at radius 2 is 1.93 bits per heavy atom. The topological polar surface area (TPSA) is 28.5 Å². The molecule has 3 aliphatic heterocycles. The molecule has 142 valence electrons. The molecule has 0 amide bonds. The van der Waals surface area contributed by atoms with Crippen LogP contribution in [0.15, 0.2) is 71.3 Å². The lowest BCUT2D eigenvalue weighted by Crippen LogP contribution is -2.56. The van der Waals surface area contributed by atoms with Crippen molar-refractivity contribution in [1.29, 1.82) is 0 Å². The molecule has 3 aromatic rings. The van der Waals surface area contributed by atoms with Crippen LogP contribution in [0.2, 0.25) is 0 Å². The van der Waals surface area contributed by atoms with Gasteiger partial charge in [-0.2, -0.15) is 0 Å². The maximum atomic E-state index is 5.16. The Morgan fingerprint density at radius 3 is 2.71 bits per heavy atom.